The number of rotatable bonds is 8. The van der Waals surface area contributed by atoms with E-state index in [0.29, 0.717) is 6.61 Å². The van der Waals surface area contributed by atoms with E-state index in [1.165, 1.54) is 32.1 Å². The Morgan fingerprint density at radius 1 is 1.04 bits per heavy atom. The highest BCUT2D eigenvalue weighted by molar-refractivity contribution is 6.30. The first-order valence-corrected chi connectivity index (χ1v) is 10.8. The van der Waals surface area contributed by atoms with Crippen LogP contribution < -0.4 is 10.1 Å². The number of benzene rings is 2. The Bertz CT molecular complexity index is 734. The zero-order valence-electron chi connectivity index (χ0n) is 16.6. The highest BCUT2D eigenvalue weighted by atomic mass is 35.5. The second-order valence-corrected chi connectivity index (χ2v) is 8.23. The predicted molar refractivity (Wildman–Crippen MR) is 116 cm³/mol. The van der Waals surface area contributed by atoms with Crippen molar-refractivity contribution in [2.24, 2.45) is 11.8 Å². The summed E-state index contributed by atoms with van der Waals surface area (Å²) >= 11 is 5.90. The molecule has 150 valence electrons. The summed E-state index contributed by atoms with van der Waals surface area (Å²) in [5.41, 5.74) is 1.90. The molecule has 1 saturated carbocycles. The van der Waals surface area contributed by atoms with E-state index in [2.05, 4.69) is 12.2 Å². The highest BCUT2D eigenvalue weighted by Gasteiger charge is 2.25. The Labute approximate surface area is 173 Å². The Morgan fingerprint density at radius 3 is 2.36 bits per heavy atom. The minimum Gasteiger partial charge on any atom is -0.489 e. The van der Waals surface area contributed by atoms with Crippen LogP contribution in [0.5, 0.6) is 5.75 Å². The summed E-state index contributed by atoms with van der Waals surface area (Å²) < 4.78 is 5.80. The van der Waals surface area contributed by atoms with Gasteiger partial charge in [-0.15, -0.1) is 0 Å². The largest absolute Gasteiger partial charge is 0.489 e. The van der Waals surface area contributed by atoms with E-state index in [1.54, 1.807) is 0 Å². The van der Waals surface area contributed by atoms with Gasteiger partial charge in [0, 0.05) is 16.6 Å². The van der Waals surface area contributed by atoms with Crippen LogP contribution in [-0.4, -0.2) is 5.91 Å². The molecule has 0 aromatic heterocycles. The van der Waals surface area contributed by atoms with Gasteiger partial charge < -0.3 is 10.1 Å². The van der Waals surface area contributed by atoms with Gasteiger partial charge in [-0.05, 0) is 73.6 Å². The Kier molecular flexibility index (Phi) is 7.79. The number of nitrogens with one attached hydrogen (secondary N) is 1. The number of hydrogen-bond acceptors (Lipinski definition) is 2. The fraction of sp³-hybridized carbons (Fsp3) is 0.458. The molecule has 28 heavy (non-hydrogen) atoms. The van der Waals surface area contributed by atoms with Crippen molar-refractivity contribution in [3.63, 3.8) is 0 Å². The first-order valence-electron chi connectivity index (χ1n) is 10.4. The molecule has 1 fully saturated rings. The van der Waals surface area contributed by atoms with E-state index in [1.807, 2.05) is 48.5 Å². The summed E-state index contributed by atoms with van der Waals surface area (Å²) in [7, 11) is 0. The Morgan fingerprint density at radius 2 is 1.71 bits per heavy atom. The molecule has 1 aliphatic rings. The lowest BCUT2D eigenvalue weighted by atomic mass is 9.79. The topological polar surface area (TPSA) is 38.3 Å². The lowest BCUT2D eigenvalue weighted by Crippen LogP contribution is -2.27. The summed E-state index contributed by atoms with van der Waals surface area (Å²) in [4.78, 5) is 12.6. The molecule has 0 aliphatic heterocycles. The van der Waals surface area contributed by atoms with Crippen LogP contribution in [0.15, 0.2) is 48.5 Å². The molecule has 1 aliphatic carbocycles. The number of carbonyl (C=O) groups excluding carboxylic acids is 1. The smallest absolute Gasteiger partial charge is 0.227 e. The quantitative estimate of drug-likeness (QED) is 0.526. The lowest BCUT2D eigenvalue weighted by molar-refractivity contribution is -0.121. The van der Waals surface area contributed by atoms with Gasteiger partial charge in [-0.1, -0.05) is 49.9 Å². The molecule has 0 spiro atoms. The Balaban J connectivity index is 1.43. The molecule has 3 nitrogen and oxygen atoms in total. The SMILES string of the molecule is CCCCC1CCC(C(=O)Nc2ccc(OCc3ccc(Cl)cc3)cc2)CC1. The molecule has 0 unspecified atom stereocenters. The maximum absolute atomic E-state index is 12.6. The molecule has 1 amide bonds. The molecular weight excluding hydrogens is 370 g/mol. The van der Waals surface area contributed by atoms with Crippen molar-refractivity contribution < 1.29 is 9.53 Å². The maximum atomic E-state index is 12.6. The van der Waals surface area contributed by atoms with Crippen molar-refractivity contribution in [1.82, 2.24) is 0 Å². The number of halogens is 1. The zero-order chi connectivity index (χ0) is 19.8. The molecule has 0 heterocycles. The predicted octanol–water partition coefficient (Wildman–Crippen LogP) is 6.85. The maximum Gasteiger partial charge on any atom is 0.227 e. The fourth-order valence-electron chi connectivity index (χ4n) is 3.83. The number of unbranched alkanes of at least 4 members (excludes halogenated alkanes) is 1. The second-order valence-electron chi connectivity index (χ2n) is 7.79. The number of carbonyl (C=O) groups is 1. The zero-order valence-corrected chi connectivity index (χ0v) is 17.4. The van der Waals surface area contributed by atoms with Gasteiger partial charge in [0.25, 0.3) is 0 Å². The van der Waals surface area contributed by atoms with Crippen LogP contribution in [0, 0.1) is 11.8 Å². The molecule has 2 aromatic carbocycles. The van der Waals surface area contributed by atoms with Crippen LogP contribution in [0.25, 0.3) is 0 Å². The first-order chi connectivity index (χ1) is 13.6. The second kappa shape index (κ2) is 10.5. The van der Waals surface area contributed by atoms with Crippen LogP contribution in [0.1, 0.15) is 57.4 Å². The van der Waals surface area contributed by atoms with Crippen molar-refractivity contribution in [1.29, 1.82) is 0 Å². The molecule has 1 N–H and O–H groups in total. The van der Waals surface area contributed by atoms with Crippen LogP contribution in [0.2, 0.25) is 5.02 Å². The van der Waals surface area contributed by atoms with Crippen LogP contribution in [0.4, 0.5) is 5.69 Å². The van der Waals surface area contributed by atoms with Gasteiger partial charge in [-0.2, -0.15) is 0 Å². The van der Waals surface area contributed by atoms with E-state index in [4.69, 9.17) is 16.3 Å². The molecule has 2 aromatic rings. The highest BCUT2D eigenvalue weighted by Crippen LogP contribution is 2.32. The minimum absolute atomic E-state index is 0.152. The van der Waals surface area contributed by atoms with Gasteiger partial charge in [0.15, 0.2) is 0 Å². The molecule has 0 bridgehead atoms. The third-order valence-corrected chi connectivity index (χ3v) is 5.88. The summed E-state index contributed by atoms with van der Waals surface area (Å²) in [5.74, 6) is 1.91. The third kappa shape index (κ3) is 6.27. The average Bonchev–Trinajstić information content (AvgIpc) is 2.73. The van der Waals surface area contributed by atoms with E-state index >= 15 is 0 Å². The Hall–Kier alpha value is -2.00. The number of ether oxygens (including phenoxy) is 1. The summed E-state index contributed by atoms with van der Waals surface area (Å²) in [6, 6.07) is 15.2. The normalized spacial score (nSPS) is 19.2. The van der Waals surface area contributed by atoms with Crippen molar-refractivity contribution in [3.05, 3.63) is 59.1 Å². The van der Waals surface area contributed by atoms with Crippen LogP contribution >= 0.6 is 11.6 Å². The molecule has 0 atom stereocenters. The van der Waals surface area contributed by atoms with Crippen LogP contribution in [0.3, 0.4) is 0 Å². The van der Waals surface area contributed by atoms with E-state index in [9.17, 15) is 4.79 Å². The molecule has 0 radical (unpaired) electrons. The van der Waals surface area contributed by atoms with Crippen molar-refractivity contribution in [2.75, 3.05) is 5.32 Å². The van der Waals surface area contributed by atoms with Crippen molar-refractivity contribution in [2.45, 2.75) is 58.5 Å². The van der Waals surface area contributed by atoms with Crippen molar-refractivity contribution in [3.8, 4) is 5.75 Å². The number of hydrogen-bond donors (Lipinski definition) is 1. The van der Waals surface area contributed by atoms with Gasteiger partial charge in [0.1, 0.15) is 12.4 Å². The van der Waals surface area contributed by atoms with Gasteiger partial charge in [-0.3, -0.25) is 4.79 Å². The lowest BCUT2D eigenvalue weighted by Gasteiger charge is -2.27. The van der Waals surface area contributed by atoms with Gasteiger partial charge in [0.2, 0.25) is 5.91 Å². The van der Waals surface area contributed by atoms with Gasteiger partial charge >= 0.3 is 0 Å². The minimum atomic E-state index is 0.152. The first kappa shape index (κ1) is 20.7. The average molecular weight is 400 g/mol. The third-order valence-electron chi connectivity index (χ3n) is 5.62. The van der Waals surface area contributed by atoms with Gasteiger partial charge in [0.05, 0.1) is 0 Å². The molecule has 3 rings (SSSR count). The number of amides is 1. The van der Waals surface area contributed by atoms with Crippen LogP contribution in [-0.2, 0) is 11.4 Å². The van der Waals surface area contributed by atoms with Crippen molar-refractivity contribution >= 4 is 23.2 Å². The monoisotopic (exact) mass is 399 g/mol. The molecular formula is C24H30ClNO2. The van der Waals surface area contributed by atoms with E-state index < -0.39 is 0 Å². The summed E-state index contributed by atoms with van der Waals surface area (Å²) in [5, 5.41) is 3.79. The van der Waals surface area contributed by atoms with E-state index in [0.717, 1.165) is 40.8 Å². The molecule has 4 heteroatoms. The molecule has 0 saturated heterocycles. The fourth-order valence-corrected chi connectivity index (χ4v) is 3.96. The summed E-state index contributed by atoms with van der Waals surface area (Å²) in [6.07, 6.45) is 8.31. The summed E-state index contributed by atoms with van der Waals surface area (Å²) in [6.45, 7) is 2.73. The van der Waals surface area contributed by atoms with Gasteiger partial charge in [-0.25, -0.2) is 0 Å². The standard InChI is InChI=1S/C24H30ClNO2/c1-2-3-4-18-5-9-20(10-6-18)24(27)26-22-13-15-23(16-14-22)28-17-19-7-11-21(25)12-8-19/h7-8,11-16,18,20H,2-6,9-10,17H2,1H3,(H,26,27). The number of anilines is 1. The van der Waals surface area contributed by atoms with E-state index in [-0.39, 0.29) is 11.8 Å².